The van der Waals surface area contributed by atoms with Crippen LogP contribution in [0, 0.1) is 13.8 Å². The summed E-state index contributed by atoms with van der Waals surface area (Å²) < 4.78 is 1.96. The Kier molecular flexibility index (Phi) is 3.19. The van der Waals surface area contributed by atoms with Crippen LogP contribution in [-0.4, -0.2) is 44.7 Å². The van der Waals surface area contributed by atoms with Crippen molar-refractivity contribution >= 4 is 5.65 Å². The molecule has 2 aromatic rings. The van der Waals surface area contributed by atoms with E-state index in [0.717, 1.165) is 36.2 Å². The van der Waals surface area contributed by atoms with E-state index >= 15 is 0 Å². The Bertz CT molecular complexity index is 662. The molecule has 2 fully saturated rings. The molecule has 4 rings (SSSR count). The van der Waals surface area contributed by atoms with E-state index in [1.165, 1.54) is 31.4 Å². The number of likely N-dealkylation sites (tertiary alicyclic amines) is 1. The summed E-state index contributed by atoms with van der Waals surface area (Å²) in [5.41, 5.74) is 4.49. The maximum absolute atomic E-state index is 4.69. The summed E-state index contributed by atoms with van der Waals surface area (Å²) in [7, 11) is 0. The third kappa shape index (κ3) is 2.45. The summed E-state index contributed by atoms with van der Waals surface area (Å²) >= 11 is 0. The highest BCUT2D eigenvalue weighted by Crippen LogP contribution is 2.22. The van der Waals surface area contributed by atoms with Crippen LogP contribution in [0.5, 0.6) is 0 Å². The van der Waals surface area contributed by atoms with Gasteiger partial charge in [0, 0.05) is 48.7 Å². The standard InChI is InChI=1S/C16H23N5/c1-11-7-12(2)21-16(18-11)13(8-17-21)9-20-6-5-14-3-4-15(10-20)19-14/h7-8,14-15,19H,3-6,9-10H2,1-2H3/t14-,15+/m1/s1. The number of hydrogen-bond donors (Lipinski definition) is 1. The molecule has 0 aliphatic carbocycles. The van der Waals surface area contributed by atoms with E-state index in [4.69, 9.17) is 4.98 Å². The molecule has 0 amide bonds. The van der Waals surface area contributed by atoms with E-state index in [9.17, 15) is 0 Å². The van der Waals surface area contributed by atoms with Crippen LogP contribution in [0.1, 0.15) is 36.2 Å². The molecule has 0 spiro atoms. The van der Waals surface area contributed by atoms with E-state index in [1.807, 2.05) is 10.7 Å². The summed E-state index contributed by atoms with van der Waals surface area (Å²) in [6.07, 6.45) is 5.94. The van der Waals surface area contributed by atoms with E-state index < -0.39 is 0 Å². The minimum Gasteiger partial charge on any atom is -0.310 e. The van der Waals surface area contributed by atoms with Crippen molar-refractivity contribution in [3.63, 3.8) is 0 Å². The fourth-order valence-electron chi connectivity index (χ4n) is 3.83. The molecule has 2 aliphatic heterocycles. The normalized spacial score (nSPS) is 26.4. The van der Waals surface area contributed by atoms with Crippen LogP contribution in [0.3, 0.4) is 0 Å². The number of rotatable bonds is 2. The first-order chi connectivity index (χ1) is 10.2. The Hall–Kier alpha value is -1.46. The monoisotopic (exact) mass is 285 g/mol. The molecule has 0 saturated carbocycles. The predicted octanol–water partition coefficient (Wildman–Crippen LogP) is 1.67. The number of nitrogens with zero attached hydrogens (tertiary/aromatic N) is 4. The lowest BCUT2D eigenvalue weighted by molar-refractivity contribution is 0.251. The number of aromatic nitrogens is 3. The van der Waals surface area contributed by atoms with Crippen LogP contribution in [0.4, 0.5) is 0 Å². The first kappa shape index (κ1) is 13.2. The molecule has 5 heteroatoms. The highest BCUT2D eigenvalue weighted by molar-refractivity contribution is 5.47. The Morgan fingerprint density at radius 1 is 1.24 bits per heavy atom. The number of hydrogen-bond acceptors (Lipinski definition) is 4. The van der Waals surface area contributed by atoms with E-state index in [2.05, 4.69) is 35.2 Å². The van der Waals surface area contributed by atoms with Gasteiger partial charge in [-0.2, -0.15) is 5.10 Å². The van der Waals surface area contributed by atoms with Gasteiger partial charge in [-0.15, -0.1) is 0 Å². The lowest BCUT2D eigenvalue weighted by Crippen LogP contribution is -2.34. The van der Waals surface area contributed by atoms with Gasteiger partial charge in [-0.05, 0) is 39.2 Å². The van der Waals surface area contributed by atoms with Gasteiger partial charge in [0.25, 0.3) is 0 Å². The SMILES string of the molecule is Cc1cc(C)n2ncc(CN3CC[C@H]4CC[C@@H](C3)N4)c2n1. The molecule has 21 heavy (non-hydrogen) atoms. The molecule has 4 heterocycles. The van der Waals surface area contributed by atoms with E-state index in [1.54, 1.807) is 0 Å². The lowest BCUT2D eigenvalue weighted by atomic mass is 10.1. The molecule has 2 atom stereocenters. The van der Waals surface area contributed by atoms with Crippen molar-refractivity contribution in [1.29, 1.82) is 0 Å². The Balaban J connectivity index is 1.59. The maximum atomic E-state index is 4.69. The van der Waals surface area contributed by atoms with Gasteiger partial charge in [-0.25, -0.2) is 9.50 Å². The third-order valence-corrected chi connectivity index (χ3v) is 4.85. The van der Waals surface area contributed by atoms with Crippen molar-refractivity contribution in [2.24, 2.45) is 0 Å². The second-order valence-electron chi connectivity index (χ2n) is 6.61. The van der Waals surface area contributed by atoms with Crippen molar-refractivity contribution in [1.82, 2.24) is 24.8 Å². The van der Waals surface area contributed by atoms with Crippen molar-refractivity contribution in [3.8, 4) is 0 Å². The third-order valence-electron chi connectivity index (χ3n) is 4.85. The Morgan fingerprint density at radius 2 is 2.10 bits per heavy atom. The van der Waals surface area contributed by atoms with Crippen LogP contribution in [-0.2, 0) is 6.54 Å². The van der Waals surface area contributed by atoms with Crippen molar-refractivity contribution < 1.29 is 0 Å². The lowest BCUT2D eigenvalue weighted by Gasteiger charge is -2.23. The first-order valence-electron chi connectivity index (χ1n) is 7.98. The molecule has 0 aromatic carbocycles. The zero-order valence-electron chi connectivity index (χ0n) is 12.8. The molecule has 2 aromatic heterocycles. The summed E-state index contributed by atoms with van der Waals surface area (Å²) in [6.45, 7) is 7.44. The van der Waals surface area contributed by atoms with Gasteiger partial charge in [-0.3, -0.25) is 4.90 Å². The van der Waals surface area contributed by atoms with Crippen LogP contribution < -0.4 is 5.32 Å². The molecule has 0 radical (unpaired) electrons. The number of nitrogens with one attached hydrogen (secondary N) is 1. The zero-order valence-corrected chi connectivity index (χ0v) is 12.8. The van der Waals surface area contributed by atoms with Gasteiger partial charge < -0.3 is 5.32 Å². The highest BCUT2D eigenvalue weighted by Gasteiger charge is 2.29. The van der Waals surface area contributed by atoms with Crippen LogP contribution in [0.2, 0.25) is 0 Å². The fourth-order valence-corrected chi connectivity index (χ4v) is 3.83. The summed E-state index contributed by atoms with van der Waals surface area (Å²) in [6, 6.07) is 3.50. The van der Waals surface area contributed by atoms with Gasteiger partial charge in [0.15, 0.2) is 5.65 Å². The van der Waals surface area contributed by atoms with E-state index in [-0.39, 0.29) is 0 Å². The van der Waals surface area contributed by atoms with Gasteiger partial charge in [0.1, 0.15) is 0 Å². The van der Waals surface area contributed by atoms with Crippen molar-refractivity contribution in [3.05, 3.63) is 29.2 Å². The quantitative estimate of drug-likeness (QED) is 0.912. The second-order valence-corrected chi connectivity index (χ2v) is 6.61. The highest BCUT2D eigenvalue weighted by atomic mass is 15.3. The van der Waals surface area contributed by atoms with Gasteiger partial charge in [0.2, 0.25) is 0 Å². The smallest absolute Gasteiger partial charge is 0.159 e. The van der Waals surface area contributed by atoms with Crippen LogP contribution in [0.25, 0.3) is 5.65 Å². The molecule has 2 bridgehead atoms. The largest absolute Gasteiger partial charge is 0.310 e. The van der Waals surface area contributed by atoms with E-state index in [0.29, 0.717) is 6.04 Å². The van der Waals surface area contributed by atoms with Crippen LogP contribution in [0.15, 0.2) is 12.3 Å². The molecule has 112 valence electrons. The molecule has 0 unspecified atom stereocenters. The minimum atomic E-state index is 0.677. The molecule has 5 nitrogen and oxygen atoms in total. The Morgan fingerprint density at radius 3 is 3.00 bits per heavy atom. The first-order valence-corrected chi connectivity index (χ1v) is 7.98. The van der Waals surface area contributed by atoms with Crippen molar-refractivity contribution in [2.45, 2.75) is 51.7 Å². The summed E-state index contributed by atoms with van der Waals surface area (Å²) in [5, 5.41) is 8.25. The average Bonchev–Trinajstić information content (AvgIpc) is 2.97. The molecule has 1 N–H and O–H groups in total. The van der Waals surface area contributed by atoms with Gasteiger partial charge in [0.05, 0.1) is 6.20 Å². The molecular weight excluding hydrogens is 262 g/mol. The minimum absolute atomic E-state index is 0.677. The molecule has 2 saturated heterocycles. The fraction of sp³-hybridized carbons (Fsp3) is 0.625. The second kappa shape index (κ2) is 5.07. The Labute approximate surface area is 125 Å². The van der Waals surface area contributed by atoms with Crippen molar-refractivity contribution in [2.75, 3.05) is 13.1 Å². The zero-order chi connectivity index (χ0) is 14.4. The molecular formula is C16H23N5. The summed E-state index contributed by atoms with van der Waals surface area (Å²) in [5.74, 6) is 0. The molecule has 2 aliphatic rings. The van der Waals surface area contributed by atoms with Gasteiger partial charge >= 0.3 is 0 Å². The number of aryl methyl sites for hydroxylation is 2. The number of fused-ring (bicyclic) bond motifs is 3. The van der Waals surface area contributed by atoms with Crippen LogP contribution >= 0.6 is 0 Å². The van der Waals surface area contributed by atoms with Gasteiger partial charge in [-0.1, -0.05) is 0 Å². The predicted molar refractivity (Wildman–Crippen MR) is 82.3 cm³/mol. The average molecular weight is 285 g/mol. The topological polar surface area (TPSA) is 45.5 Å². The summed E-state index contributed by atoms with van der Waals surface area (Å²) in [4.78, 5) is 7.25. The maximum Gasteiger partial charge on any atom is 0.159 e.